The Morgan fingerprint density at radius 3 is 2.21 bits per heavy atom. The number of aliphatic carboxylic acids is 1. The highest BCUT2D eigenvalue weighted by molar-refractivity contribution is 5.98. The summed E-state index contributed by atoms with van der Waals surface area (Å²) in [7, 11) is 1.57. The Kier molecular flexibility index (Phi) is 13.2. The average Bonchev–Trinajstić information content (AvgIpc) is 3.67. The molecule has 3 aromatic carbocycles. The maximum atomic E-state index is 13.8. The van der Waals surface area contributed by atoms with Crippen molar-refractivity contribution < 1.29 is 29.0 Å². The first-order chi connectivity index (χ1) is 25.5. The first-order valence-electron chi connectivity index (χ1n) is 18.6. The van der Waals surface area contributed by atoms with E-state index in [1.54, 1.807) is 31.6 Å². The van der Waals surface area contributed by atoms with E-state index >= 15 is 0 Å². The number of benzene rings is 3. The number of carboxylic acid groups (broad SMARTS) is 1. The van der Waals surface area contributed by atoms with Crippen molar-refractivity contribution in [2.45, 2.75) is 84.1 Å². The van der Waals surface area contributed by atoms with E-state index in [2.05, 4.69) is 43.0 Å². The number of nitrogens with one attached hydrogen (secondary N) is 1. The Hall–Kier alpha value is -5.25. The number of methoxy groups -OCH3 is 1. The van der Waals surface area contributed by atoms with Gasteiger partial charge in [0.1, 0.15) is 17.5 Å². The van der Waals surface area contributed by atoms with E-state index in [9.17, 15) is 19.5 Å². The second kappa shape index (κ2) is 18.0. The lowest BCUT2D eigenvalue weighted by atomic mass is 9.85. The largest absolute Gasteiger partial charge is 0.496 e. The lowest BCUT2D eigenvalue weighted by Crippen LogP contribution is -2.49. The molecule has 1 saturated heterocycles. The molecule has 2 amide bonds. The topological polar surface area (TPSA) is 131 Å². The smallest absolute Gasteiger partial charge is 0.308 e. The minimum absolute atomic E-state index is 0.109. The van der Waals surface area contributed by atoms with Crippen molar-refractivity contribution in [3.63, 3.8) is 0 Å². The zero-order chi connectivity index (χ0) is 38.0. The van der Waals surface area contributed by atoms with Crippen molar-refractivity contribution in [2.24, 2.45) is 5.92 Å². The van der Waals surface area contributed by atoms with Crippen LogP contribution in [0.1, 0.15) is 87.7 Å². The Balaban J connectivity index is 1.26. The Labute approximate surface area is 313 Å². The molecule has 280 valence electrons. The van der Waals surface area contributed by atoms with Gasteiger partial charge in [-0.25, -0.2) is 9.97 Å². The Bertz CT molecular complexity index is 1840. The van der Waals surface area contributed by atoms with Gasteiger partial charge in [-0.15, -0.1) is 0 Å². The van der Waals surface area contributed by atoms with Crippen LogP contribution in [0.15, 0.2) is 79.1 Å². The van der Waals surface area contributed by atoms with Gasteiger partial charge in [0.25, 0.3) is 5.91 Å². The highest BCUT2D eigenvalue weighted by Crippen LogP contribution is 2.32. The van der Waals surface area contributed by atoms with Gasteiger partial charge in [-0.2, -0.15) is 0 Å². The zero-order valence-corrected chi connectivity index (χ0v) is 31.6. The summed E-state index contributed by atoms with van der Waals surface area (Å²) in [5, 5.41) is 12.5. The fraction of sp³-hybridized carbons (Fsp3) is 0.419. The molecule has 2 N–H and O–H groups in total. The second-order valence-corrected chi connectivity index (χ2v) is 14.8. The van der Waals surface area contributed by atoms with E-state index in [-0.39, 0.29) is 24.3 Å². The minimum atomic E-state index is -0.927. The number of carboxylic acids is 1. The van der Waals surface area contributed by atoms with Gasteiger partial charge < -0.3 is 24.8 Å². The van der Waals surface area contributed by atoms with E-state index in [1.807, 2.05) is 54.6 Å². The van der Waals surface area contributed by atoms with Crippen LogP contribution < -0.4 is 14.8 Å². The number of aromatic nitrogens is 2. The molecule has 4 aromatic rings. The molecule has 0 radical (unpaired) electrons. The van der Waals surface area contributed by atoms with Crippen LogP contribution in [0.4, 0.5) is 0 Å². The first kappa shape index (κ1) is 39.0. The first-order valence-corrected chi connectivity index (χ1v) is 18.6. The van der Waals surface area contributed by atoms with Crippen molar-refractivity contribution in [1.82, 2.24) is 20.2 Å². The SMILES string of the molecule is CCCCCCCOc1ccc(-c2cnc(-c3ccc(CC(NC(=O)c4ccc(C(C)(C)C)c(OC)c4)C(=O)N4CCC(C(=O)O)C4)cc3)nc2)cc1. The van der Waals surface area contributed by atoms with Crippen molar-refractivity contribution in [1.29, 1.82) is 0 Å². The van der Waals surface area contributed by atoms with Gasteiger partial charge in [0.15, 0.2) is 5.82 Å². The number of carbonyl (C=O) groups is 3. The predicted molar refractivity (Wildman–Crippen MR) is 206 cm³/mol. The van der Waals surface area contributed by atoms with Crippen LogP contribution in [0, 0.1) is 5.92 Å². The molecular weight excluding hydrogens is 668 g/mol. The fourth-order valence-electron chi connectivity index (χ4n) is 6.57. The van der Waals surface area contributed by atoms with Crippen LogP contribution in [-0.2, 0) is 21.4 Å². The molecular formula is C43H52N4O6. The molecule has 10 heteroatoms. The van der Waals surface area contributed by atoms with Crippen molar-refractivity contribution in [3.8, 4) is 34.0 Å². The van der Waals surface area contributed by atoms with E-state index in [0.29, 0.717) is 30.1 Å². The van der Waals surface area contributed by atoms with E-state index < -0.39 is 23.8 Å². The molecule has 10 nitrogen and oxygen atoms in total. The van der Waals surface area contributed by atoms with Gasteiger partial charge in [-0.05, 0) is 59.2 Å². The molecule has 2 atom stereocenters. The van der Waals surface area contributed by atoms with E-state index in [1.165, 1.54) is 30.6 Å². The van der Waals surface area contributed by atoms with Crippen LogP contribution in [0.5, 0.6) is 11.5 Å². The molecule has 2 heterocycles. The number of hydrogen-bond acceptors (Lipinski definition) is 7. The molecule has 1 aliphatic heterocycles. The summed E-state index contributed by atoms with van der Waals surface area (Å²) in [6, 6.07) is 19.9. The highest BCUT2D eigenvalue weighted by Gasteiger charge is 2.35. The number of amides is 2. The highest BCUT2D eigenvalue weighted by atomic mass is 16.5. The third kappa shape index (κ3) is 10.4. The summed E-state index contributed by atoms with van der Waals surface area (Å²) < 4.78 is 11.5. The molecule has 0 bridgehead atoms. The third-order valence-electron chi connectivity index (χ3n) is 9.73. The maximum absolute atomic E-state index is 13.8. The zero-order valence-electron chi connectivity index (χ0n) is 31.6. The summed E-state index contributed by atoms with van der Waals surface area (Å²) in [6.07, 6.45) is 10.2. The number of hydrogen-bond donors (Lipinski definition) is 2. The van der Waals surface area contributed by atoms with Crippen LogP contribution >= 0.6 is 0 Å². The predicted octanol–water partition coefficient (Wildman–Crippen LogP) is 7.74. The van der Waals surface area contributed by atoms with Gasteiger partial charge in [0.05, 0.1) is 19.6 Å². The Morgan fingerprint density at radius 1 is 0.906 bits per heavy atom. The van der Waals surface area contributed by atoms with Crippen molar-refractivity contribution in [3.05, 3.63) is 95.8 Å². The second-order valence-electron chi connectivity index (χ2n) is 14.8. The minimum Gasteiger partial charge on any atom is -0.496 e. The number of unbranched alkanes of at least 4 members (excludes halogenated alkanes) is 4. The lowest BCUT2D eigenvalue weighted by Gasteiger charge is -2.25. The van der Waals surface area contributed by atoms with Gasteiger partial charge in [-0.3, -0.25) is 14.4 Å². The molecule has 0 saturated carbocycles. The number of ether oxygens (including phenoxy) is 2. The fourth-order valence-corrected chi connectivity index (χ4v) is 6.57. The summed E-state index contributed by atoms with van der Waals surface area (Å²) in [5.74, 6) is -0.276. The lowest BCUT2D eigenvalue weighted by molar-refractivity contribution is -0.141. The summed E-state index contributed by atoms with van der Waals surface area (Å²) in [4.78, 5) is 49.8. The maximum Gasteiger partial charge on any atom is 0.308 e. The standard InChI is InChI=1S/C43H52N4O6/c1-6-7-8-9-10-23-53-35-18-15-30(16-19-35)34-26-44-39(45-27-34)31-13-11-29(12-14-31)24-37(41(49)47-22-21-33(28-47)42(50)51)46-40(48)32-17-20-36(43(2,3)4)38(25-32)52-5/h11-20,25-27,33,37H,6-10,21-24,28H2,1-5H3,(H,46,48)(H,50,51). The Morgan fingerprint density at radius 2 is 1.58 bits per heavy atom. The third-order valence-corrected chi connectivity index (χ3v) is 9.73. The van der Waals surface area contributed by atoms with Gasteiger partial charge in [0.2, 0.25) is 5.91 Å². The van der Waals surface area contributed by atoms with Gasteiger partial charge in [0, 0.05) is 48.6 Å². The molecule has 0 spiro atoms. The quantitative estimate of drug-likeness (QED) is 0.113. The van der Waals surface area contributed by atoms with Crippen molar-refractivity contribution in [2.75, 3.05) is 26.8 Å². The van der Waals surface area contributed by atoms with Crippen LogP contribution in [0.2, 0.25) is 0 Å². The molecule has 0 aliphatic carbocycles. The number of rotatable bonds is 16. The van der Waals surface area contributed by atoms with Gasteiger partial charge in [-0.1, -0.05) is 95.8 Å². The molecule has 1 fully saturated rings. The van der Waals surface area contributed by atoms with Crippen LogP contribution in [-0.4, -0.2) is 70.6 Å². The van der Waals surface area contributed by atoms with Gasteiger partial charge >= 0.3 is 5.97 Å². The van der Waals surface area contributed by atoms with E-state index in [0.717, 1.165) is 46.6 Å². The van der Waals surface area contributed by atoms with Crippen LogP contribution in [0.3, 0.4) is 0 Å². The number of nitrogens with zero attached hydrogens (tertiary/aromatic N) is 3. The average molecular weight is 721 g/mol. The molecule has 1 aromatic heterocycles. The summed E-state index contributed by atoms with van der Waals surface area (Å²) in [5.41, 5.74) is 4.66. The molecule has 53 heavy (non-hydrogen) atoms. The van der Waals surface area contributed by atoms with E-state index in [4.69, 9.17) is 9.47 Å². The summed E-state index contributed by atoms with van der Waals surface area (Å²) >= 11 is 0. The normalized spacial score (nSPS) is 14.8. The summed E-state index contributed by atoms with van der Waals surface area (Å²) in [6.45, 7) is 9.57. The monoisotopic (exact) mass is 720 g/mol. The van der Waals surface area contributed by atoms with Crippen molar-refractivity contribution >= 4 is 17.8 Å². The molecule has 5 rings (SSSR count). The van der Waals surface area contributed by atoms with Crippen LogP contribution in [0.25, 0.3) is 22.5 Å². The number of likely N-dealkylation sites (tertiary alicyclic amines) is 1. The number of carbonyl (C=O) groups excluding carboxylic acids is 2. The molecule has 1 aliphatic rings. The molecule has 2 unspecified atom stereocenters.